The van der Waals surface area contributed by atoms with Crippen LogP contribution in [0.3, 0.4) is 0 Å². The molecule has 0 spiro atoms. The van der Waals surface area contributed by atoms with Crippen LogP contribution in [-0.4, -0.2) is 24.7 Å². The number of benzene rings is 1. The highest BCUT2D eigenvalue weighted by Crippen LogP contribution is 2.30. The predicted molar refractivity (Wildman–Crippen MR) is 72.8 cm³/mol. The molecule has 18 heavy (non-hydrogen) atoms. The maximum atomic E-state index is 10.9. The molecule has 0 unspecified atom stereocenters. The van der Waals surface area contributed by atoms with Crippen LogP contribution in [0.1, 0.15) is 25.7 Å². The number of rotatable bonds is 4. The zero-order valence-electron chi connectivity index (χ0n) is 10.9. The summed E-state index contributed by atoms with van der Waals surface area (Å²) in [6, 6.07) is 10.3. The zero-order chi connectivity index (χ0) is 13.0. The SMILES string of the molecule is CN(CC1CCC(C(=O)O)CC1)c1ccccc1. The second kappa shape index (κ2) is 5.89. The first kappa shape index (κ1) is 12.9. The van der Waals surface area contributed by atoms with Gasteiger partial charge < -0.3 is 10.0 Å². The van der Waals surface area contributed by atoms with Gasteiger partial charge in [0.1, 0.15) is 0 Å². The molecule has 0 heterocycles. The number of carbonyl (C=O) groups is 1. The van der Waals surface area contributed by atoms with Gasteiger partial charge in [0.05, 0.1) is 5.92 Å². The molecule has 2 rings (SSSR count). The number of aliphatic carboxylic acids is 1. The van der Waals surface area contributed by atoms with Gasteiger partial charge in [-0.15, -0.1) is 0 Å². The Morgan fingerprint density at radius 1 is 1.22 bits per heavy atom. The van der Waals surface area contributed by atoms with Crippen LogP contribution >= 0.6 is 0 Å². The number of nitrogens with zero attached hydrogens (tertiary/aromatic N) is 1. The highest BCUT2D eigenvalue weighted by atomic mass is 16.4. The van der Waals surface area contributed by atoms with Gasteiger partial charge in [-0.25, -0.2) is 0 Å². The largest absolute Gasteiger partial charge is 0.481 e. The van der Waals surface area contributed by atoms with E-state index in [1.807, 2.05) is 18.2 Å². The monoisotopic (exact) mass is 247 g/mol. The topological polar surface area (TPSA) is 40.5 Å². The lowest BCUT2D eigenvalue weighted by atomic mass is 9.82. The van der Waals surface area contributed by atoms with E-state index in [1.54, 1.807) is 0 Å². The fourth-order valence-corrected chi connectivity index (χ4v) is 2.77. The molecule has 1 aliphatic rings. The molecule has 0 amide bonds. The van der Waals surface area contributed by atoms with Crippen LogP contribution in [0.5, 0.6) is 0 Å². The van der Waals surface area contributed by atoms with Gasteiger partial charge in [-0.1, -0.05) is 18.2 Å². The number of carboxylic acids is 1. The Hall–Kier alpha value is -1.51. The van der Waals surface area contributed by atoms with Crippen LogP contribution < -0.4 is 4.90 Å². The lowest BCUT2D eigenvalue weighted by Crippen LogP contribution is -2.30. The molecule has 0 saturated heterocycles. The average molecular weight is 247 g/mol. The van der Waals surface area contributed by atoms with Gasteiger partial charge in [0.2, 0.25) is 0 Å². The molecule has 0 aromatic heterocycles. The molecule has 1 N–H and O–H groups in total. The standard InChI is InChI=1S/C15H21NO2/c1-16(14-5-3-2-4-6-14)11-12-7-9-13(10-8-12)15(17)18/h2-6,12-13H,7-11H2,1H3,(H,17,18). The molecular weight excluding hydrogens is 226 g/mol. The highest BCUT2D eigenvalue weighted by Gasteiger charge is 2.26. The fourth-order valence-electron chi connectivity index (χ4n) is 2.77. The van der Waals surface area contributed by atoms with Gasteiger partial charge in [0, 0.05) is 19.3 Å². The first-order valence-corrected chi connectivity index (χ1v) is 6.66. The molecule has 1 fully saturated rings. The van der Waals surface area contributed by atoms with E-state index in [0.717, 1.165) is 32.2 Å². The van der Waals surface area contributed by atoms with Crippen LogP contribution in [0.25, 0.3) is 0 Å². The van der Waals surface area contributed by atoms with Crippen LogP contribution in [0, 0.1) is 11.8 Å². The molecule has 3 heteroatoms. The van der Waals surface area contributed by atoms with E-state index in [2.05, 4.69) is 24.1 Å². The van der Waals surface area contributed by atoms with E-state index >= 15 is 0 Å². The molecule has 0 bridgehead atoms. The summed E-state index contributed by atoms with van der Waals surface area (Å²) < 4.78 is 0. The summed E-state index contributed by atoms with van der Waals surface area (Å²) in [5, 5.41) is 8.97. The van der Waals surface area contributed by atoms with Gasteiger partial charge in [0.25, 0.3) is 0 Å². The molecule has 1 aromatic carbocycles. The van der Waals surface area contributed by atoms with Crippen LogP contribution in [0.4, 0.5) is 5.69 Å². The third-order valence-corrected chi connectivity index (χ3v) is 3.93. The molecule has 1 saturated carbocycles. The Labute approximate surface area is 108 Å². The molecule has 0 aliphatic heterocycles. The van der Waals surface area contributed by atoms with Crippen molar-refractivity contribution in [2.75, 3.05) is 18.5 Å². The molecule has 1 aliphatic carbocycles. The van der Waals surface area contributed by atoms with Crippen LogP contribution in [0.2, 0.25) is 0 Å². The Kier molecular flexibility index (Phi) is 4.24. The number of anilines is 1. The van der Waals surface area contributed by atoms with Crippen molar-refractivity contribution in [1.82, 2.24) is 0 Å². The average Bonchev–Trinajstić information content (AvgIpc) is 2.40. The van der Waals surface area contributed by atoms with Crippen molar-refractivity contribution in [3.05, 3.63) is 30.3 Å². The minimum atomic E-state index is -0.620. The summed E-state index contributed by atoms with van der Waals surface area (Å²) >= 11 is 0. The van der Waals surface area contributed by atoms with Crippen molar-refractivity contribution in [3.63, 3.8) is 0 Å². The zero-order valence-corrected chi connectivity index (χ0v) is 10.9. The van der Waals surface area contributed by atoms with Crippen molar-refractivity contribution in [3.8, 4) is 0 Å². The Morgan fingerprint density at radius 3 is 2.39 bits per heavy atom. The van der Waals surface area contributed by atoms with E-state index in [9.17, 15) is 4.79 Å². The summed E-state index contributed by atoms with van der Waals surface area (Å²) in [6.45, 7) is 1.02. The number of para-hydroxylation sites is 1. The molecule has 98 valence electrons. The molecule has 0 atom stereocenters. The quantitative estimate of drug-likeness (QED) is 0.889. The van der Waals surface area contributed by atoms with Gasteiger partial charge >= 0.3 is 5.97 Å². The first-order chi connectivity index (χ1) is 8.66. The van der Waals surface area contributed by atoms with E-state index in [-0.39, 0.29) is 5.92 Å². The summed E-state index contributed by atoms with van der Waals surface area (Å²) in [7, 11) is 2.11. The van der Waals surface area contributed by atoms with E-state index in [1.165, 1.54) is 5.69 Å². The van der Waals surface area contributed by atoms with Gasteiger partial charge in [-0.05, 0) is 43.7 Å². The van der Waals surface area contributed by atoms with Crippen molar-refractivity contribution in [1.29, 1.82) is 0 Å². The number of hydrogen-bond donors (Lipinski definition) is 1. The summed E-state index contributed by atoms with van der Waals surface area (Å²) in [5.41, 5.74) is 1.23. The summed E-state index contributed by atoms with van der Waals surface area (Å²) in [6.07, 6.45) is 3.74. The second-order valence-electron chi connectivity index (χ2n) is 5.27. The number of hydrogen-bond acceptors (Lipinski definition) is 2. The van der Waals surface area contributed by atoms with Gasteiger partial charge in [-0.3, -0.25) is 4.79 Å². The van der Waals surface area contributed by atoms with Crippen molar-refractivity contribution in [2.45, 2.75) is 25.7 Å². The second-order valence-corrected chi connectivity index (χ2v) is 5.27. The van der Waals surface area contributed by atoms with E-state index in [4.69, 9.17) is 5.11 Å². The molecule has 1 aromatic rings. The maximum Gasteiger partial charge on any atom is 0.306 e. The Bertz CT molecular complexity index is 383. The van der Waals surface area contributed by atoms with Crippen molar-refractivity contribution < 1.29 is 9.90 Å². The molecule has 3 nitrogen and oxygen atoms in total. The maximum absolute atomic E-state index is 10.9. The molecule has 0 radical (unpaired) electrons. The lowest BCUT2D eigenvalue weighted by molar-refractivity contribution is -0.143. The first-order valence-electron chi connectivity index (χ1n) is 6.66. The Morgan fingerprint density at radius 2 is 1.83 bits per heavy atom. The minimum Gasteiger partial charge on any atom is -0.481 e. The summed E-state index contributed by atoms with van der Waals surface area (Å²) in [5.74, 6) is -0.0982. The Balaban J connectivity index is 1.83. The van der Waals surface area contributed by atoms with Crippen molar-refractivity contribution >= 4 is 11.7 Å². The predicted octanol–water partition coefficient (Wildman–Crippen LogP) is 3.01. The lowest BCUT2D eigenvalue weighted by Gasteiger charge is -2.30. The normalized spacial score (nSPS) is 23.6. The number of carboxylic acid groups (broad SMARTS) is 1. The van der Waals surface area contributed by atoms with E-state index in [0.29, 0.717) is 5.92 Å². The van der Waals surface area contributed by atoms with Crippen LogP contribution in [-0.2, 0) is 4.79 Å². The van der Waals surface area contributed by atoms with E-state index < -0.39 is 5.97 Å². The highest BCUT2D eigenvalue weighted by molar-refractivity contribution is 5.70. The van der Waals surface area contributed by atoms with Gasteiger partial charge in [0.15, 0.2) is 0 Å². The minimum absolute atomic E-state index is 0.108. The van der Waals surface area contributed by atoms with Gasteiger partial charge in [-0.2, -0.15) is 0 Å². The smallest absolute Gasteiger partial charge is 0.306 e. The van der Waals surface area contributed by atoms with Crippen LogP contribution in [0.15, 0.2) is 30.3 Å². The fraction of sp³-hybridized carbons (Fsp3) is 0.533. The molecular formula is C15H21NO2. The third-order valence-electron chi connectivity index (χ3n) is 3.93. The third kappa shape index (κ3) is 3.25. The van der Waals surface area contributed by atoms with Crippen molar-refractivity contribution in [2.24, 2.45) is 11.8 Å². The summed E-state index contributed by atoms with van der Waals surface area (Å²) in [4.78, 5) is 13.2.